The minimum absolute atomic E-state index is 0.0451. The van der Waals surface area contributed by atoms with Gasteiger partial charge in [-0.3, -0.25) is 14.8 Å². The second-order valence-corrected chi connectivity index (χ2v) is 6.51. The predicted octanol–water partition coefficient (Wildman–Crippen LogP) is 1.74. The van der Waals surface area contributed by atoms with Gasteiger partial charge < -0.3 is 0 Å². The molecule has 0 aliphatic heterocycles. The number of aromatic nitrogens is 3. The fourth-order valence-electron chi connectivity index (χ4n) is 3.12. The van der Waals surface area contributed by atoms with Gasteiger partial charge in [0.2, 0.25) is 0 Å². The number of aromatic amines is 1. The fraction of sp³-hybridized carbons (Fsp3) is 0.571. The van der Waals surface area contributed by atoms with Gasteiger partial charge in [-0.25, -0.2) is 9.50 Å². The zero-order valence-corrected chi connectivity index (χ0v) is 12.7. The molecule has 0 saturated heterocycles. The number of fused-ring (bicyclic) bond motifs is 1. The first-order valence-corrected chi connectivity index (χ1v) is 8.27. The molecule has 6 heteroatoms. The van der Waals surface area contributed by atoms with Crippen LogP contribution in [0, 0.1) is 0 Å². The van der Waals surface area contributed by atoms with Crippen molar-refractivity contribution in [3.05, 3.63) is 34.4 Å². The molecule has 1 aliphatic rings. The van der Waals surface area contributed by atoms with Crippen molar-refractivity contribution < 1.29 is 0 Å². The molecule has 5 nitrogen and oxygen atoms in total. The highest BCUT2D eigenvalue weighted by Crippen LogP contribution is 2.31. The molecule has 0 bridgehead atoms. The Morgan fingerprint density at radius 1 is 1.55 bits per heavy atom. The van der Waals surface area contributed by atoms with Crippen LogP contribution in [0.5, 0.6) is 0 Å². The number of thioether (sulfide) groups is 1. The lowest BCUT2D eigenvalue weighted by Crippen LogP contribution is -2.36. The summed E-state index contributed by atoms with van der Waals surface area (Å²) < 4.78 is 1.46. The highest BCUT2D eigenvalue weighted by atomic mass is 32.2. The van der Waals surface area contributed by atoms with Crippen molar-refractivity contribution in [2.45, 2.75) is 37.1 Å². The lowest BCUT2D eigenvalue weighted by molar-refractivity contribution is 0.239. The van der Waals surface area contributed by atoms with E-state index >= 15 is 0 Å². The summed E-state index contributed by atoms with van der Waals surface area (Å²) in [7, 11) is 2.14. The largest absolute Gasteiger partial charge is 0.297 e. The van der Waals surface area contributed by atoms with Crippen molar-refractivity contribution in [2.75, 3.05) is 13.3 Å². The average Bonchev–Trinajstić information content (AvgIpc) is 3.06. The van der Waals surface area contributed by atoms with Crippen molar-refractivity contribution >= 4 is 17.4 Å². The van der Waals surface area contributed by atoms with E-state index in [1.54, 1.807) is 12.3 Å². The van der Waals surface area contributed by atoms with Crippen molar-refractivity contribution in [1.29, 1.82) is 0 Å². The summed E-state index contributed by atoms with van der Waals surface area (Å²) in [5, 5.41) is 3.57. The minimum Gasteiger partial charge on any atom is -0.297 e. The third kappa shape index (κ3) is 2.50. The first-order chi connectivity index (χ1) is 9.69. The van der Waals surface area contributed by atoms with Crippen molar-refractivity contribution in [3.8, 4) is 0 Å². The van der Waals surface area contributed by atoms with Crippen LogP contribution in [0.4, 0.5) is 0 Å². The quantitative estimate of drug-likeness (QED) is 0.932. The molecule has 0 unspecified atom stereocenters. The van der Waals surface area contributed by atoms with E-state index in [9.17, 15) is 4.79 Å². The zero-order chi connectivity index (χ0) is 14.1. The van der Waals surface area contributed by atoms with Crippen LogP contribution in [0.3, 0.4) is 0 Å². The Bertz CT molecular complexity index is 650. The zero-order valence-electron chi connectivity index (χ0n) is 11.9. The van der Waals surface area contributed by atoms with Crippen molar-refractivity contribution in [1.82, 2.24) is 19.5 Å². The molecule has 0 amide bonds. The van der Waals surface area contributed by atoms with Gasteiger partial charge >= 0.3 is 0 Å². The minimum atomic E-state index is -0.0451. The SMILES string of the molecule is CS[C@H]1CCC[C@@H]1N(C)Cc1cc(=O)n2[nH]ccc2n1. The summed E-state index contributed by atoms with van der Waals surface area (Å²) in [6.07, 6.45) is 7.76. The number of rotatable bonds is 4. The lowest BCUT2D eigenvalue weighted by Gasteiger charge is -2.28. The van der Waals surface area contributed by atoms with E-state index in [1.807, 2.05) is 17.8 Å². The summed E-state index contributed by atoms with van der Waals surface area (Å²) in [5.74, 6) is 0. The van der Waals surface area contributed by atoms with E-state index in [0.29, 0.717) is 16.9 Å². The lowest BCUT2D eigenvalue weighted by atomic mass is 10.2. The van der Waals surface area contributed by atoms with Crippen molar-refractivity contribution in [3.63, 3.8) is 0 Å². The number of hydrogen-bond acceptors (Lipinski definition) is 4. The molecule has 2 heterocycles. The molecule has 0 spiro atoms. The van der Waals surface area contributed by atoms with Gasteiger partial charge in [-0.05, 0) is 26.1 Å². The Labute approximate surface area is 122 Å². The summed E-state index contributed by atoms with van der Waals surface area (Å²) >= 11 is 1.95. The van der Waals surface area contributed by atoms with Crippen LogP contribution in [0.15, 0.2) is 23.1 Å². The van der Waals surface area contributed by atoms with Crippen LogP contribution in [0.1, 0.15) is 25.0 Å². The molecular weight excluding hydrogens is 272 g/mol. The van der Waals surface area contributed by atoms with Gasteiger partial charge in [-0.2, -0.15) is 11.8 Å². The second kappa shape index (κ2) is 5.61. The van der Waals surface area contributed by atoms with E-state index < -0.39 is 0 Å². The average molecular weight is 292 g/mol. The van der Waals surface area contributed by atoms with E-state index in [1.165, 1.54) is 23.8 Å². The molecule has 2 atom stereocenters. The number of H-pyrrole nitrogens is 1. The van der Waals surface area contributed by atoms with E-state index in [-0.39, 0.29) is 5.56 Å². The Morgan fingerprint density at radius 2 is 2.40 bits per heavy atom. The van der Waals surface area contributed by atoms with Crippen LogP contribution in [0.25, 0.3) is 5.65 Å². The maximum absolute atomic E-state index is 12.0. The van der Waals surface area contributed by atoms with Gasteiger partial charge in [0.1, 0.15) is 0 Å². The summed E-state index contributed by atoms with van der Waals surface area (Å²) in [5.41, 5.74) is 1.49. The molecule has 2 aromatic heterocycles. The molecule has 1 aliphatic carbocycles. The maximum Gasteiger partial charge on any atom is 0.272 e. The first-order valence-electron chi connectivity index (χ1n) is 6.98. The third-order valence-electron chi connectivity index (χ3n) is 4.13. The van der Waals surface area contributed by atoms with Gasteiger partial charge in [0.25, 0.3) is 5.56 Å². The molecule has 1 fully saturated rings. The van der Waals surface area contributed by atoms with E-state index in [0.717, 1.165) is 12.2 Å². The highest BCUT2D eigenvalue weighted by molar-refractivity contribution is 7.99. The molecular formula is C14H20N4OS. The molecule has 3 rings (SSSR count). The summed E-state index contributed by atoms with van der Waals surface area (Å²) in [6, 6.07) is 4.05. The summed E-state index contributed by atoms with van der Waals surface area (Å²) in [6.45, 7) is 0.735. The van der Waals surface area contributed by atoms with Crippen LogP contribution >= 0.6 is 11.8 Å². The van der Waals surface area contributed by atoms with Crippen LogP contribution < -0.4 is 5.56 Å². The smallest absolute Gasteiger partial charge is 0.272 e. The van der Waals surface area contributed by atoms with Gasteiger partial charge in [0.05, 0.1) is 5.69 Å². The molecule has 1 N–H and O–H groups in total. The highest BCUT2D eigenvalue weighted by Gasteiger charge is 2.29. The van der Waals surface area contributed by atoms with Gasteiger partial charge in [-0.1, -0.05) is 6.42 Å². The number of hydrogen-bond donors (Lipinski definition) is 1. The first kappa shape index (κ1) is 13.7. The molecule has 2 aromatic rings. The van der Waals surface area contributed by atoms with E-state index in [2.05, 4.69) is 28.3 Å². The van der Waals surface area contributed by atoms with Gasteiger partial charge in [0.15, 0.2) is 5.65 Å². The fourth-order valence-corrected chi connectivity index (χ4v) is 4.18. The van der Waals surface area contributed by atoms with Crippen LogP contribution in [-0.2, 0) is 6.54 Å². The Morgan fingerprint density at radius 3 is 3.20 bits per heavy atom. The van der Waals surface area contributed by atoms with Gasteiger partial charge in [-0.15, -0.1) is 0 Å². The monoisotopic (exact) mass is 292 g/mol. The normalized spacial score (nSPS) is 22.9. The Balaban J connectivity index is 1.80. The number of nitrogens with zero attached hydrogens (tertiary/aromatic N) is 3. The maximum atomic E-state index is 12.0. The second-order valence-electron chi connectivity index (χ2n) is 5.43. The summed E-state index contributed by atoms with van der Waals surface area (Å²) in [4.78, 5) is 18.8. The van der Waals surface area contributed by atoms with Crippen molar-refractivity contribution in [2.24, 2.45) is 0 Å². The standard InChI is InChI=1S/C14H20N4OS/c1-17(11-4-3-5-12(11)20-2)9-10-8-14(19)18-13(16-10)6-7-15-18/h6-8,11-12,15H,3-5,9H2,1-2H3/t11-,12-/m0/s1. The van der Waals surface area contributed by atoms with Crippen LogP contribution in [-0.4, -0.2) is 44.1 Å². The molecule has 108 valence electrons. The van der Waals surface area contributed by atoms with E-state index in [4.69, 9.17) is 0 Å². The Hall–Kier alpha value is -1.27. The molecule has 20 heavy (non-hydrogen) atoms. The van der Waals surface area contributed by atoms with Crippen LogP contribution in [0.2, 0.25) is 0 Å². The number of nitrogens with one attached hydrogen (secondary N) is 1. The van der Waals surface area contributed by atoms with Gasteiger partial charge in [0, 0.05) is 36.2 Å². The topological polar surface area (TPSA) is 53.4 Å². The predicted molar refractivity (Wildman–Crippen MR) is 82.2 cm³/mol. The Kier molecular flexibility index (Phi) is 3.85. The molecule has 0 aromatic carbocycles. The molecule has 1 saturated carbocycles. The third-order valence-corrected chi connectivity index (χ3v) is 5.29. The molecule has 0 radical (unpaired) electrons.